The molecule has 0 spiro atoms. The zero-order valence-electron chi connectivity index (χ0n) is 11.3. The van der Waals surface area contributed by atoms with Gasteiger partial charge in [-0.3, -0.25) is 9.74 Å². The molecule has 0 fully saturated rings. The summed E-state index contributed by atoms with van der Waals surface area (Å²) in [6.45, 7) is 0. The summed E-state index contributed by atoms with van der Waals surface area (Å²) < 4.78 is 18.0. The quantitative estimate of drug-likeness (QED) is 0.626. The first kappa shape index (κ1) is 13.7. The molecule has 0 aliphatic rings. The zero-order valence-corrected chi connectivity index (χ0v) is 11.3. The summed E-state index contributed by atoms with van der Waals surface area (Å²) in [7, 11) is 0. The fourth-order valence-electron chi connectivity index (χ4n) is 2.23. The molecule has 0 saturated heterocycles. The van der Waals surface area contributed by atoms with E-state index in [0.717, 1.165) is 0 Å². The highest BCUT2D eigenvalue weighted by molar-refractivity contribution is 5.94. The maximum absolute atomic E-state index is 12.4. The van der Waals surface area contributed by atoms with E-state index in [2.05, 4.69) is 4.94 Å². The van der Waals surface area contributed by atoms with Gasteiger partial charge in [-0.2, -0.15) is 0 Å². The number of halogens is 1. The van der Waals surface area contributed by atoms with Crippen LogP contribution in [0.4, 0.5) is 21.6 Å². The highest BCUT2D eigenvalue weighted by Gasteiger charge is 2.17. The lowest BCUT2D eigenvalue weighted by molar-refractivity contribution is -0.00605. The Morgan fingerprint density at radius 3 is 2.36 bits per heavy atom. The Labute approximate surface area is 123 Å². The highest BCUT2D eigenvalue weighted by atomic mass is 19.3. The molecule has 0 aliphatic heterocycles. The Morgan fingerprint density at radius 2 is 1.73 bits per heavy atom. The van der Waals surface area contributed by atoms with Crippen molar-refractivity contribution in [2.45, 2.75) is 0 Å². The van der Waals surface area contributed by atoms with Gasteiger partial charge in [0.05, 0.1) is 11.1 Å². The minimum absolute atomic E-state index is 0.0226. The van der Waals surface area contributed by atoms with Gasteiger partial charge in [-0.15, -0.1) is 0 Å². The van der Waals surface area contributed by atoms with Gasteiger partial charge in [-0.1, -0.05) is 0 Å². The van der Waals surface area contributed by atoms with E-state index in [0.29, 0.717) is 11.3 Å². The molecule has 0 radical (unpaired) electrons. The molecule has 0 aliphatic carbocycles. The Bertz CT molecular complexity index is 920. The molecule has 112 valence electrons. The predicted octanol–water partition coefficient (Wildman–Crippen LogP) is 2.47. The second-order valence-corrected chi connectivity index (χ2v) is 4.76. The van der Waals surface area contributed by atoms with E-state index in [-0.39, 0.29) is 33.9 Å². The molecule has 22 heavy (non-hydrogen) atoms. The molecule has 1 aromatic heterocycles. The van der Waals surface area contributed by atoms with Gasteiger partial charge in [0.1, 0.15) is 11.3 Å². The molecule has 0 saturated carbocycles. The van der Waals surface area contributed by atoms with Gasteiger partial charge in [0.25, 0.3) is 0 Å². The highest BCUT2D eigenvalue weighted by Crippen LogP contribution is 2.32. The number of rotatable bonds is 2. The third-order valence-corrected chi connectivity index (χ3v) is 3.30. The van der Waals surface area contributed by atoms with Crippen LogP contribution in [0.3, 0.4) is 0 Å². The number of nitrogen functional groups attached to an aromatic ring is 3. The van der Waals surface area contributed by atoms with Gasteiger partial charge in [0.2, 0.25) is 5.43 Å². The normalized spacial score (nSPS) is 10.8. The van der Waals surface area contributed by atoms with E-state index < -0.39 is 5.43 Å². The van der Waals surface area contributed by atoms with E-state index in [1.165, 1.54) is 12.1 Å². The van der Waals surface area contributed by atoms with Crippen molar-refractivity contribution in [2.24, 2.45) is 0 Å². The maximum atomic E-state index is 12.4. The molecular weight excluding hydrogens is 289 g/mol. The van der Waals surface area contributed by atoms with Crippen LogP contribution in [0.25, 0.3) is 22.3 Å². The second-order valence-electron chi connectivity index (χ2n) is 4.76. The van der Waals surface area contributed by atoms with Gasteiger partial charge < -0.3 is 21.6 Å². The number of nitrogens with two attached hydrogens (primary N) is 3. The van der Waals surface area contributed by atoms with Crippen LogP contribution in [0.15, 0.2) is 45.6 Å². The third-order valence-electron chi connectivity index (χ3n) is 3.30. The Kier molecular flexibility index (Phi) is 3.10. The second kappa shape index (κ2) is 4.96. The molecule has 6 N–H and O–H groups in total. The zero-order chi connectivity index (χ0) is 15.9. The largest absolute Gasteiger partial charge is 0.453 e. The van der Waals surface area contributed by atoms with Crippen LogP contribution in [-0.2, 0) is 0 Å². The number of hydrogen-bond acceptors (Lipinski definition) is 6. The van der Waals surface area contributed by atoms with Crippen LogP contribution < -0.4 is 27.6 Å². The summed E-state index contributed by atoms with van der Waals surface area (Å²) in [5.41, 5.74) is 17.9. The standard InChI is InChI=1S/C15H12FN3O3/c16-22-9-5-10(18)12-11(6-9)21-15(13(19)14(12)20)7-1-3-8(17)4-2-7/h1-6H,17-19H2. The van der Waals surface area contributed by atoms with Crippen molar-refractivity contribution in [3.63, 3.8) is 0 Å². The molecule has 2 aromatic carbocycles. The minimum Gasteiger partial charge on any atom is -0.453 e. The average Bonchev–Trinajstić information content (AvgIpc) is 2.51. The van der Waals surface area contributed by atoms with Crippen LogP contribution in [0.5, 0.6) is 5.75 Å². The summed E-state index contributed by atoms with van der Waals surface area (Å²) in [5.74, 6) is -0.00548. The van der Waals surface area contributed by atoms with Crippen LogP contribution in [-0.4, -0.2) is 0 Å². The average molecular weight is 301 g/mol. The number of benzene rings is 2. The lowest BCUT2D eigenvalue weighted by atomic mass is 10.1. The first-order valence-electron chi connectivity index (χ1n) is 6.31. The van der Waals surface area contributed by atoms with E-state index in [1.54, 1.807) is 24.3 Å². The molecule has 0 unspecified atom stereocenters. The lowest BCUT2D eigenvalue weighted by Crippen LogP contribution is -2.11. The van der Waals surface area contributed by atoms with Gasteiger partial charge in [-0.25, -0.2) is 0 Å². The van der Waals surface area contributed by atoms with E-state index in [9.17, 15) is 9.32 Å². The smallest absolute Gasteiger partial charge is 0.218 e. The van der Waals surface area contributed by atoms with Crippen LogP contribution in [0, 0.1) is 0 Å². The van der Waals surface area contributed by atoms with Crippen molar-refractivity contribution in [3.05, 3.63) is 46.6 Å². The van der Waals surface area contributed by atoms with Gasteiger partial charge in [0.15, 0.2) is 11.5 Å². The Balaban J connectivity index is 2.35. The summed E-state index contributed by atoms with van der Waals surface area (Å²) in [6, 6.07) is 9.03. The van der Waals surface area contributed by atoms with E-state index in [4.69, 9.17) is 21.6 Å². The molecular formula is C15H12FN3O3. The van der Waals surface area contributed by atoms with E-state index in [1.807, 2.05) is 0 Å². The van der Waals surface area contributed by atoms with E-state index >= 15 is 0 Å². The van der Waals surface area contributed by atoms with Crippen LogP contribution >= 0.6 is 0 Å². The maximum Gasteiger partial charge on any atom is 0.218 e. The predicted molar refractivity (Wildman–Crippen MR) is 82.9 cm³/mol. The monoisotopic (exact) mass is 301 g/mol. The molecule has 0 atom stereocenters. The molecule has 1 heterocycles. The van der Waals surface area contributed by atoms with Crippen LogP contribution in [0.2, 0.25) is 0 Å². The van der Waals surface area contributed by atoms with Crippen molar-refractivity contribution in [3.8, 4) is 17.1 Å². The first-order valence-corrected chi connectivity index (χ1v) is 6.31. The van der Waals surface area contributed by atoms with Crippen molar-refractivity contribution in [1.82, 2.24) is 0 Å². The summed E-state index contributed by atoms with van der Waals surface area (Å²) >= 11 is 0. The van der Waals surface area contributed by atoms with Gasteiger partial charge in [-0.05, 0) is 24.3 Å². The minimum atomic E-state index is -0.490. The van der Waals surface area contributed by atoms with Crippen molar-refractivity contribution >= 4 is 28.0 Å². The lowest BCUT2D eigenvalue weighted by Gasteiger charge is -2.09. The molecule has 3 rings (SSSR count). The number of anilines is 3. The summed E-state index contributed by atoms with van der Waals surface area (Å²) in [5, 5.41) is 0.0810. The van der Waals surface area contributed by atoms with Crippen molar-refractivity contribution in [2.75, 3.05) is 17.2 Å². The molecule has 3 aromatic rings. The molecule has 7 heteroatoms. The van der Waals surface area contributed by atoms with Crippen molar-refractivity contribution in [1.29, 1.82) is 0 Å². The molecule has 0 amide bonds. The van der Waals surface area contributed by atoms with Crippen LogP contribution in [0.1, 0.15) is 0 Å². The number of hydrogen-bond donors (Lipinski definition) is 3. The molecule has 0 bridgehead atoms. The fourth-order valence-corrected chi connectivity index (χ4v) is 2.23. The Hall–Kier alpha value is -3.22. The topological polar surface area (TPSA) is 117 Å². The SMILES string of the molecule is Nc1ccc(-c2oc3cc(OF)cc(N)c3c(=O)c2N)cc1. The first-order chi connectivity index (χ1) is 10.5. The molecule has 6 nitrogen and oxygen atoms in total. The van der Waals surface area contributed by atoms with Gasteiger partial charge in [0, 0.05) is 27.9 Å². The van der Waals surface area contributed by atoms with Crippen molar-refractivity contribution < 1.29 is 13.9 Å². The third kappa shape index (κ3) is 2.08. The summed E-state index contributed by atoms with van der Waals surface area (Å²) in [6.07, 6.45) is 0. The fraction of sp³-hybridized carbons (Fsp3) is 0. The Morgan fingerprint density at radius 1 is 1.05 bits per heavy atom. The van der Waals surface area contributed by atoms with Gasteiger partial charge >= 0.3 is 0 Å². The summed E-state index contributed by atoms with van der Waals surface area (Å²) in [4.78, 5) is 16.0. The number of fused-ring (bicyclic) bond motifs is 1.